The summed E-state index contributed by atoms with van der Waals surface area (Å²) in [6.45, 7) is 5.88. The molecule has 2 aliphatic heterocycles. The summed E-state index contributed by atoms with van der Waals surface area (Å²) in [7, 11) is 0. The summed E-state index contributed by atoms with van der Waals surface area (Å²) in [5.41, 5.74) is 0.357. The van der Waals surface area contributed by atoms with Crippen LogP contribution in [0.5, 0.6) is 0 Å². The summed E-state index contributed by atoms with van der Waals surface area (Å²) in [6, 6.07) is 4.39. The van der Waals surface area contributed by atoms with Gasteiger partial charge in [0.25, 0.3) is 0 Å². The molecule has 4 rings (SSSR count). The van der Waals surface area contributed by atoms with Crippen LogP contribution in [0.1, 0.15) is 5.69 Å². The van der Waals surface area contributed by atoms with Crippen LogP contribution in [0, 0.1) is 11.3 Å². The van der Waals surface area contributed by atoms with E-state index in [1.807, 2.05) is 12.1 Å². The molecule has 2 aliphatic rings. The molecule has 24 heavy (non-hydrogen) atoms. The second-order valence-corrected chi connectivity index (χ2v) is 6.00. The predicted molar refractivity (Wildman–Crippen MR) is 88.6 cm³/mol. The average molecular weight is 322 g/mol. The van der Waals surface area contributed by atoms with Gasteiger partial charge in [-0.25, -0.2) is 19.9 Å². The fourth-order valence-electron chi connectivity index (χ4n) is 3.16. The first kappa shape index (κ1) is 14.8. The Hall–Kier alpha value is -2.79. The number of nitriles is 1. The molecule has 0 N–H and O–H groups in total. The smallest absolute Gasteiger partial charge is 0.225 e. The van der Waals surface area contributed by atoms with Crippen LogP contribution in [0.3, 0.4) is 0 Å². The Morgan fingerprint density at radius 2 is 1.67 bits per heavy atom. The summed E-state index contributed by atoms with van der Waals surface area (Å²) >= 11 is 0. The first-order chi connectivity index (χ1) is 11.8. The third kappa shape index (κ3) is 2.86. The van der Waals surface area contributed by atoms with E-state index < -0.39 is 0 Å². The molecule has 2 saturated heterocycles. The van der Waals surface area contributed by atoms with Gasteiger partial charge in [0.15, 0.2) is 5.69 Å². The van der Waals surface area contributed by atoms with Crippen molar-refractivity contribution in [1.82, 2.24) is 24.8 Å². The highest BCUT2D eigenvalue weighted by Crippen LogP contribution is 2.22. The first-order valence-corrected chi connectivity index (χ1v) is 8.06. The lowest BCUT2D eigenvalue weighted by atomic mass is 10.1. The van der Waals surface area contributed by atoms with Crippen LogP contribution in [-0.2, 0) is 0 Å². The minimum absolute atomic E-state index is 0.357. The molecule has 0 spiro atoms. The van der Waals surface area contributed by atoms with Crippen LogP contribution in [0.25, 0.3) is 0 Å². The lowest BCUT2D eigenvalue weighted by Crippen LogP contribution is -2.63. The maximum atomic E-state index is 8.77. The molecule has 4 heterocycles. The summed E-state index contributed by atoms with van der Waals surface area (Å²) in [4.78, 5) is 24.0. The van der Waals surface area contributed by atoms with E-state index in [0.717, 1.165) is 51.0 Å². The number of piperazine rings is 1. The average Bonchev–Trinajstić information content (AvgIpc) is 2.62. The minimum atomic E-state index is 0.357. The van der Waals surface area contributed by atoms with E-state index in [0.29, 0.717) is 11.7 Å². The molecule has 2 aromatic rings. The minimum Gasteiger partial charge on any atom is -0.352 e. The van der Waals surface area contributed by atoms with E-state index in [2.05, 4.69) is 34.6 Å². The van der Waals surface area contributed by atoms with Crippen molar-refractivity contribution in [2.24, 2.45) is 0 Å². The topological polar surface area (TPSA) is 85.1 Å². The standard InChI is InChI=1S/C16H18N8/c17-8-13-9-21-15(10-20-13)24-11-14(12-24)22-4-6-23(7-5-22)16-18-2-1-3-19-16/h1-3,9-10,14H,4-7,11-12H2. The van der Waals surface area contributed by atoms with Crippen molar-refractivity contribution in [1.29, 1.82) is 5.26 Å². The van der Waals surface area contributed by atoms with Crippen LogP contribution in [0.15, 0.2) is 30.9 Å². The molecule has 0 saturated carbocycles. The Morgan fingerprint density at radius 1 is 0.917 bits per heavy atom. The van der Waals surface area contributed by atoms with Gasteiger partial charge in [0.1, 0.15) is 11.9 Å². The van der Waals surface area contributed by atoms with Crippen molar-refractivity contribution in [2.75, 3.05) is 49.1 Å². The van der Waals surface area contributed by atoms with Gasteiger partial charge >= 0.3 is 0 Å². The number of hydrogen-bond donors (Lipinski definition) is 0. The first-order valence-electron chi connectivity index (χ1n) is 8.06. The van der Waals surface area contributed by atoms with E-state index in [-0.39, 0.29) is 0 Å². The lowest BCUT2D eigenvalue weighted by Gasteiger charge is -2.48. The SMILES string of the molecule is N#Cc1cnc(N2CC(N3CCN(c4ncccn4)CC3)C2)cn1. The van der Waals surface area contributed by atoms with Crippen molar-refractivity contribution in [2.45, 2.75) is 6.04 Å². The van der Waals surface area contributed by atoms with Gasteiger partial charge in [-0.15, -0.1) is 0 Å². The maximum absolute atomic E-state index is 8.77. The van der Waals surface area contributed by atoms with Gasteiger partial charge in [-0.1, -0.05) is 0 Å². The van der Waals surface area contributed by atoms with Gasteiger partial charge in [0.05, 0.1) is 12.4 Å². The lowest BCUT2D eigenvalue weighted by molar-refractivity contribution is 0.156. The van der Waals surface area contributed by atoms with E-state index >= 15 is 0 Å². The van der Waals surface area contributed by atoms with Gasteiger partial charge < -0.3 is 9.80 Å². The van der Waals surface area contributed by atoms with Gasteiger partial charge in [-0.3, -0.25) is 4.90 Å². The van der Waals surface area contributed by atoms with E-state index in [4.69, 9.17) is 5.26 Å². The van der Waals surface area contributed by atoms with Crippen LogP contribution in [0.4, 0.5) is 11.8 Å². The molecule has 2 aromatic heterocycles. The van der Waals surface area contributed by atoms with E-state index in [1.54, 1.807) is 18.6 Å². The quantitative estimate of drug-likeness (QED) is 0.789. The zero-order valence-electron chi connectivity index (χ0n) is 13.3. The zero-order valence-corrected chi connectivity index (χ0v) is 13.3. The fraction of sp³-hybridized carbons (Fsp3) is 0.438. The van der Waals surface area contributed by atoms with Gasteiger partial charge in [0.2, 0.25) is 5.95 Å². The van der Waals surface area contributed by atoms with Gasteiger partial charge in [-0.2, -0.15) is 5.26 Å². The second-order valence-electron chi connectivity index (χ2n) is 6.00. The van der Waals surface area contributed by atoms with Gasteiger partial charge in [-0.05, 0) is 6.07 Å². The maximum Gasteiger partial charge on any atom is 0.225 e. The Balaban J connectivity index is 1.28. The molecule has 8 nitrogen and oxygen atoms in total. The van der Waals surface area contributed by atoms with E-state index in [1.165, 1.54) is 6.20 Å². The normalized spacial score (nSPS) is 19.0. The number of rotatable bonds is 3. The third-order valence-corrected chi connectivity index (χ3v) is 4.60. The fourth-order valence-corrected chi connectivity index (χ4v) is 3.16. The Labute approximate surface area is 140 Å². The number of hydrogen-bond acceptors (Lipinski definition) is 8. The third-order valence-electron chi connectivity index (χ3n) is 4.60. The monoisotopic (exact) mass is 322 g/mol. The summed E-state index contributed by atoms with van der Waals surface area (Å²) in [5, 5.41) is 8.77. The molecule has 8 heteroatoms. The van der Waals surface area contributed by atoms with Crippen LogP contribution < -0.4 is 9.80 Å². The molecular formula is C16H18N8. The molecule has 122 valence electrons. The van der Waals surface area contributed by atoms with Crippen molar-refractivity contribution in [3.05, 3.63) is 36.5 Å². The predicted octanol–water partition coefficient (Wildman–Crippen LogP) is 0.149. The molecule has 0 bridgehead atoms. The highest BCUT2D eigenvalue weighted by Gasteiger charge is 2.34. The van der Waals surface area contributed by atoms with Crippen molar-refractivity contribution in [3.63, 3.8) is 0 Å². The van der Waals surface area contributed by atoms with Crippen molar-refractivity contribution < 1.29 is 0 Å². The molecule has 0 aliphatic carbocycles. The number of aromatic nitrogens is 4. The molecule has 2 fully saturated rings. The second kappa shape index (κ2) is 6.37. The summed E-state index contributed by atoms with van der Waals surface area (Å²) in [5.74, 6) is 1.67. The molecule has 0 atom stereocenters. The highest BCUT2D eigenvalue weighted by molar-refractivity contribution is 5.41. The number of nitrogens with zero attached hydrogens (tertiary/aromatic N) is 8. The summed E-state index contributed by atoms with van der Waals surface area (Å²) < 4.78 is 0. The Morgan fingerprint density at radius 3 is 2.29 bits per heavy atom. The van der Waals surface area contributed by atoms with Crippen LogP contribution in [0.2, 0.25) is 0 Å². The van der Waals surface area contributed by atoms with Gasteiger partial charge in [0, 0.05) is 57.7 Å². The molecular weight excluding hydrogens is 304 g/mol. The summed E-state index contributed by atoms with van der Waals surface area (Å²) in [6.07, 6.45) is 6.79. The Kier molecular flexibility index (Phi) is 3.92. The van der Waals surface area contributed by atoms with Crippen molar-refractivity contribution >= 4 is 11.8 Å². The van der Waals surface area contributed by atoms with Crippen molar-refractivity contribution in [3.8, 4) is 6.07 Å². The molecule has 0 radical (unpaired) electrons. The molecule has 0 amide bonds. The Bertz CT molecular complexity index is 712. The molecule has 0 aromatic carbocycles. The van der Waals surface area contributed by atoms with E-state index in [9.17, 15) is 0 Å². The number of anilines is 2. The zero-order chi connectivity index (χ0) is 16.4. The molecule has 0 unspecified atom stereocenters. The van der Waals surface area contributed by atoms with Crippen LogP contribution in [-0.4, -0.2) is 70.1 Å². The highest BCUT2D eigenvalue weighted by atomic mass is 15.4. The largest absolute Gasteiger partial charge is 0.352 e. The van der Waals surface area contributed by atoms with Crippen LogP contribution >= 0.6 is 0 Å².